The van der Waals surface area contributed by atoms with Gasteiger partial charge in [-0.25, -0.2) is 9.71 Å². The molecule has 0 atom stereocenters. The largest absolute Gasteiger partial charge is 0.335 e. The third-order valence-corrected chi connectivity index (χ3v) is 3.77. The quantitative estimate of drug-likeness (QED) is 0.753. The van der Waals surface area contributed by atoms with Gasteiger partial charge >= 0.3 is 10.2 Å². The van der Waals surface area contributed by atoms with Gasteiger partial charge in [-0.2, -0.15) is 8.42 Å². The van der Waals surface area contributed by atoms with Crippen molar-refractivity contribution in [3.8, 4) is 0 Å². The van der Waals surface area contributed by atoms with E-state index in [4.69, 9.17) is 0 Å². The second-order valence-corrected chi connectivity index (χ2v) is 5.13. The molecule has 0 saturated heterocycles. The first-order valence-electron chi connectivity index (χ1n) is 3.99. The maximum atomic E-state index is 11.6. The van der Waals surface area contributed by atoms with Gasteiger partial charge in [0.2, 0.25) is 0 Å². The average Bonchev–Trinajstić information content (AvgIpc) is 2.76. The van der Waals surface area contributed by atoms with Crippen molar-refractivity contribution in [3.05, 3.63) is 23.7 Å². The molecule has 84 valence electrons. The van der Waals surface area contributed by atoms with Gasteiger partial charge in [0.05, 0.1) is 0 Å². The van der Waals surface area contributed by atoms with Crippen molar-refractivity contribution in [2.24, 2.45) is 0 Å². The minimum absolute atomic E-state index is 0.0903. The minimum Gasteiger partial charge on any atom is -0.268 e. The Morgan fingerprint density at radius 3 is 2.38 bits per heavy atom. The van der Waals surface area contributed by atoms with Gasteiger partial charge in [0.25, 0.3) is 11.8 Å². The highest BCUT2D eigenvalue weighted by atomic mass is 32.2. The summed E-state index contributed by atoms with van der Waals surface area (Å²) in [6, 6.07) is 0. The molecule has 0 unspecified atom stereocenters. The number of anilines is 1. The highest BCUT2D eigenvalue weighted by Gasteiger charge is 2.35. The molecule has 2 heterocycles. The molecular formula is C7H5N3O4S2. The summed E-state index contributed by atoms with van der Waals surface area (Å²) in [6.07, 6.45) is 3.18. The number of nitrogens with one attached hydrogen (secondary N) is 1. The van der Waals surface area contributed by atoms with Crippen molar-refractivity contribution < 1.29 is 18.0 Å². The topological polar surface area (TPSA) is 96.4 Å². The number of aromatic nitrogens is 1. The molecule has 0 aliphatic carbocycles. The summed E-state index contributed by atoms with van der Waals surface area (Å²) in [5.41, 5.74) is 0. The van der Waals surface area contributed by atoms with Crippen LogP contribution >= 0.6 is 11.3 Å². The van der Waals surface area contributed by atoms with Gasteiger partial charge in [-0.05, 0) is 0 Å². The van der Waals surface area contributed by atoms with Crippen molar-refractivity contribution in [2.45, 2.75) is 0 Å². The lowest BCUT2D eigenvalue weighted by Gasteiger charge is -2.13. The van der Waals surface area contributed by atoms with E-state index in [1.165, 1.54) is 6.20 Å². The molecule has 0 fully saturated rings. The number of hydrogen-bond donors (Lipinski definition) is 1. The van der Waals surface area contributed by atoms with Crippen LogP contribution in [0.1, 0.15) is 0 Å². The number of nitrogens with zero attached hydrogens (tertiary/aromatic N) is 2. The van der Waals surface area contributed by atoms with Crippen LogP contribution < -0.4 is 4.72 Å². The van der Waals surface area contributed by atoms with E-state index in [2.05, 4.69) is 4.98 Å². The van der Waals surface area contributed by atoms with E-state index in [0.29, 0.717) is 0 Å². The molecular weight excluding hydrogens is 254 g/mol. The molecule has 9 heteroatoms. The first-order chi connectivity index (χ1) is 7.50. The summed E-state index contributed by atoms with van der Waals surface area (Å²) in [7, 11) is -4.21. The normalized spacial score (nSPS) is 15.9. The van der Waals surface area contributed by atoms with Crippen LogP contribution in [0.3, 0.4) is 0 Å². The summed E-state index contributed by atoms with van der Waals surface area (Å²) in [4.78, 5) is 26.0. The zero-order valence-corrected chi connectivity index (χ0v) is 9.29. The Hall–Kier alpha value is -1.74. The van der Waals surface area contributed by atoms with E-state index in [9.17, 15) is 18.0 Å². The van der Waals surface area contributed by atoms with Crippen LogP contribution in [0.15, 0.2) is 23.7 Å². The molecule has 2 amide bonds. The van der Waals surface area contributed by atoms with Crippen molar-refractivity contribution in [3.63, 3.8) is 0 Å². The molecule has 1 aliphatic heterocycles. The van der Waals surface area contributed by atoms with Gasteiger partial charge in [0.1, 0.15) is 0 Å². The Morgan fingerprint density at radius 1 is 1.25 bits per heavy atom. The molecule has 1 N–H and O–H groups in total. The van der Waals surface area contributed by atoms with Gasteiger partial charge in [0.15, 0.2) is 5.13 Å². The number of carbonyl (C=O) groups is 2. The summed E-state index contributed by atoms with van der Waals surface area (Å²) < 4.78 is 25.4. The highest BCUT2D eigenvalue weighted by molar-refractivity contribution is 7.91. The van der Waals surface area contributed by atoms with E-state index in [0.717, 1.165) is 23.5 Å². The lowest BCUT2D eigenvalue weighted by molar-refractivity contribution is -0.130. The first-order valence-corrected chi connectivity index (χ1v) is 6.31. The highest BCUT2D eigenvalue weighted by Crippen LogP contribution is 2.16. The van der Waals surface area contributed by atoms with Gasteiger partial charge in [-0.3, -0.25) is 9.59 Å². The molecule has 16 heavy (non-hydrogen) atoms. The zero-order chi connectivity index (χ0) is 11.8. The van der Waals surface area contributed by atoms with Crippen molar-refractivity contribution >= 4 is 38.5 Å². The van der Waals surface area contributed by atoms with E-state index in [1.807, 2.05) is 4.72 Å². The van der Waals surface area contributed by atoms with E-state index in [-0.39, 0.29) is 9.44 Å². The molecule has 0 aromatic carbocycles. The predicted molar refractivity (Wildman–Crippen MR) is 55.6 cm³/mol. The van der Waals surface area contributed by atoms with Gasteiger partial charge in [-0.1, -0.05) is 0 Å². The lowest BCUT2D eigenvalue weighted by Crippen LogP contribution is -2.40. The van der Waals surface area contributed by atoms with E-state index < -0.39 is 22.0 Å². The molecule has 1 aromatic heterocycles. The van der Waals surface area contributed by atoms with Gasteiger partial charge in [-0.15, -0.1) is 15.6 Å². The van der Waals surface area contributed by atoms with Crippen LogP contribution in [0, 0.1) is 0 Å². The Labute approximate surface area is 94.6 Å². The smallest absolute Gasteiger partial charge is 0.268 e. The number of imide groups is 1. The van der Waals surface area contributed by atoms with E-state index >= 15 is 0 Å². The SMILES string of the molecule is O=C1C=CC(=O)N1S(=O)(=O)Nc1nccs1. The fourth-order valence-corrected chi connectivity index (χ4v) is 2.89. The van der Waals surface area contributed by atoms with Gasteiger partial charge in [0, 0.05) is 23.7 Å². The fourth-order valence-electron chi connectivity index (χ4n) is 1.05. The molecule has 1 aliphatic rings. The summed E-state index contributed by atoms with van der Waals surface area (Å²) in [6.45, 7) is 0. The minimum atomic E-state index is -4.21. The van der Waals surface area contributed by atoms with Crippen molar-refractivity contribution in [1.29, 1.82) is 0 Å². The number of rotatable bonds is 3. The van der Waals surface area contributed by atoms with Crippen LogP contribution in [0.25, 0.3) is 0 Å². The third-order valence-electron chi connectivity index (χ3n) is 1.66. The first kappa shape index (κ1) is 10.8. The van der Waals surface area contributed by atoms with Crippen LogP contribution in [0.5, 0.6) is 0 Å². The lowest BCUT2D eigenvalue weighted by atomic mass is 10.6. The molecule has 2 rings (SSSR count). The molecule has 0 radical (unpaired) electrons. The van der Waals surface area contributed by atoms with Crippen LogP contribution in [-0.4, -0.2) is 29.5 Å². The Bertz CT molecular complexity index is 542. The third kappa shape index (κ3) is 1.82. The molecule has 7 nitrogen and oxygen atoms in total. The Kier molecular flexibility index (Phi) is 2.48. The van der Waals surface area contributed by atoms with Gasteiger partial charge < -0.3 is 0 Å². The number of amides is 2. The van der Waals surface area contributed by atoms with Crippen molar-refractivity contribution in [1.82, 2.24) is 9.29 Å². The Balaban J connectivity index is 2.27. The summed E-state index contributed by atoms with van der Waals surface area (Å²) >= 11 is 1.04. The van der Waals surface area contributed by atoms with Crippen molar-refractivity contribution in [2.75, 3.05) is 4.72 Å². The maximum absolute atomic E-state index is 11.6. The average molecular weight is 259 g/mol. The van der Waals surface area contributed by atoms with Crippen LogP contribution in [-0.2, 0) is 19.8 Å². The fraction of sp³-hybridized carbons (Fsp3) is 0. The number of thiazole rings is 1. The monoisotopic (exact) mass is 259 g/mol. The Morgan fingerprint density at radius 2 is 1.88 bits per heavy atom. The number of carbonyl (C=O) groups excluding carboxylic acids is 2. The van der Waals surface area contributed by atoms with E-state index in [1.54, 1.807) is 5.38 Å². The standard InChI is InChI=1S/C7H5N3O4S2/c11-5-1-2-6(12)10(5)16(13,14)9-7-8-3-4-15-7/h1-4H,(H,8,9). The molecule has 0 saturated carbocycles. The zero-order valence-electron chi connectivity index (χ0n) is 7.65. The molecule has 0 spiro atoms. The van der Waals surface area contributed by atoms with Crippen LogP contribution in [0.4, 0.5) is 5.13 Å². The second-order valence-electron chi connectivity index (χ2n) is 2.72. The number of hydrogen-bond acceptors (Lipinski definition) is 6. The molecule has 1 aromatic rings. The maximum Gasteiger partial charge on any atom is 0.335 e. The summed E-state index contributed by atoms with van der Waals surface area (Å²) in [5, 5.41) is 1.65. The predicted octanol–water partition coefficient (Wildman–Crippen LogP) is -0.275. The second kappa shape index (κ2) is 3.68. The van der Waals surface area contributed by atoms with Crippen LogP contribution in [0.2, 0.25) is 0 Å². The summed E-state index contributed by atoms with van der Waals surface area (Å²) in [5.74, 6) is -1.79. The molecule has 0 bridgehead atoms.